The Balaban J connectivity index is 2.14. The molecule has 0 radical (unpaired) electrons. The molecule has 0 amide bonds. The molecule has 2 N–H and O–H groups in total. The van der Waals surface area contributed by atoms with Gasteiger partial charge in [-0.1, -0.05) is 18.5 Å². The molecule has 0 spiro atoms. The van der Waals surface area contributed by atoms with Crippen molar-refractivity contribution in [3.8, 4) is 11.5 Å². The van der Waals surface area contributed by atoms with Gasteiger partial charge < -0.3 is 15.2 Å². The van der Waals surface area contributed by atoms with E-state index in [0.717, 1.165) is 6.42 Å². The first-order valence-electron chi connectivity index (χ1n) is 6.73. The zero-order valence-electron chi connectivity index (χ0n) is 11.7. The Hall–Kier alpha value is -1.94. The topological polar surface area (TPSA) is 41.5 Å². The van der Waals surface area contributed by atoms with E-state index in [1.54, 1.807) is 18.2 Å². The second-order valence-electron chi connectivity index (χ2n) is 4.62. The van der Waals surface area contributed by atoms with Gasteiger partial charge in [0, 0.05) is 17.1 Å². The van der Waals surface area contributed by atoms with Crippen LogP contribution in [0.15, 0.2) is 36.4 Å². The second-order valence-corrected chi connectivity index (χ2v) is 5.05. The lowest BCUT2D eigenvalue weighted by Crippen LogP contribution is -2.04. The lowest BCUT2D eigenvalue weighted by molar-refractivity contribution is 0.319. The lowest BCUT2D eigenvalue weighted by Gasteiger charge is -2.14. The highest BCUT2D eigenvalue weighted by Crippen LogP contribution is 2.29. The van der Waals surface area contributed by atoms with Gasteiger partial charge >= 0.3 is 0 Å². The zero-order valence-corrected chi connectivity index (χ0v) is 12.5. The maximum Gasteiger partial charge on any atom is 0.142 e. The molecule has 21 heavy (non-hydrogen) atoms. The van der Waals surface area contributed by atoms with Crippen molar-refractivity contribution in [1.82, 2.24) is 0 Å². The van der Waals surface area contributed by atoms with E-state index in [0.29, 0.717) is 28.6 Å². The van der Waals surface area contributed by atoms with Crippen LogP contribution in [0.4, 0.5) is 10.1 Å². The standard InChI is InChI=1S/C16H17ClFNO2/c1-2-7-21-16-6-3-12(17)9-14(16)19-10-11-8-13(18)4-5-15(11)20/h3-6,8-9,19-20H,2,7,10H2,1H3. The molecular formula is C16H17ClFNO2. The fourth-order valence-electron chi connectivity index (χ4n) is 1.86. The summed E-state index contributed by atoms with van der Waals surface area (Å²) >= 11 is 5.98. The van der Waals surface area contributed by atoms with Gasteiger partial charge in [0.15, 0.2) is 0 Å². The molecule has 0 atom stereocenters. The van der Waals surface area contributed by atoms with Crippen LogP contribution in [0.5, 0.6) is 11.5 Å². The number of hydrogen-bond donors (Lipinski definition) is 2. The molecule has 2 rings (SSSR count). The summed E-state index contributed by atoms with van der Waals surface area (Å²) in [5.74, 6) is 0.331. The number of ether oxygens (including phenoxy) is 1. The third-order valence-electron chi connectivity index (χ3n) is 2.91. The highest BCUT2D eigenvalue weighted by Gasteiger charge is 2.07. The minimum absolute atomic E-state index is 0.0435. The Labute approximate surface area is 128 Å². The van der Waals surface area contributed by atoms with Gasteiger partial charge in [-0.3, -0.25) is 0 Å². The molecule has 0 aromatic heterocycles. The first kappa shape index (κ1) is 15.4. The second kappa shape index (κ2) is 7.18. The van der Waals surface area contributed by atoms with Crippen LogP contribution in [0.2, 0.25) is 5.02 Å². The van der Waals surface area contributed by atoms with Crippen molar-refractivity contribution < 1.29 is 14.2 Å². The van der Waals surface area contributed by atoms with Crippen LogP contribution in [0.3, 0.4) is 0 Å². The molecular weight excluding hydrogens is 293 g/mol. The average Bonchev–Trinajstić information content (AvgIpc) is 2.47. The molecule has 5 heteroatoms. The number of hydrogen-bond acceptors (Lipinski definition) is 3. The molecule has 112 valence electrons. The van der Waals surface area contributed by atoms with Crippen LogP contribution in [0.1, 0.15) is 18.9 Å². The van der Waals surface area contributed by atoms with Crippen molar-refractivity contribution in [1.29, 1.82) is 0 Å². The van der Waals surface area contributed by atoms with Crippen LogP contribution in [-0.4, -0.2) is 11.7 Å². The minimum atomic E-state index is -0.391. The minimum Gasteiger partial charge on any atom is -0.508 e. The first-order valence-corrected chi connectivity index (χ1v) is 7.11. The SMILES string of the molecule is CCCOc1ccc(Cl)cc1NCc1cc(F)ccc1O. The molecule has 0 aliphatic rings. The summed E-state index contributed by atoms with van der Waals surface area (Å²) in [4.78, 5) is 0. The Bertz CT molecular complexity index is 619. The summed E-state index contributed by atoms with van der Waals surface area (Å²) in [6, 6.07) is 9.11. The highest BCUT2D eigenvalue weighted by molar-refractivity contribution is 6.30. The van der Waals surface area contributed by atoms with Crippen molar-refractivity contribution >= 4 is 17.3 Å². The van der Waals surface area contributed by atoms with Crippen LogP contribution in [0, 0.1) is 5.82 Å². The molecule has 2 aromatic rings. The number of aromatic hydroxyl groups is 1. The fourth-order valence-corrected chi connectivity index (χ4v) is 2.04. The molecule has 0 aliphatic heterocycles. The van der Waals surface area contributed by atoms with Crippen molar-refractivity contribution in [2.24, 2.45) is 0 Å². The van der Waals surface area contributed by atoms with Crippen LogP contribution in [-0.2, 0) is 6.54 Å². The maximum absolute atomic E-state index is 13.2. The summed E-state index contributed by atoms with van der Waals surface area (Å²) in [6.45, 7) is 2.89. The highest BCUT2D eigenvalue weighted by atomic mass is 35.5. The Kier molecular flexibility index (Phi) is 5.28. The van der Waals surface area contributed by atoms with Crippen molar-refractivity contribution in [2.45, 2.75) is 19.9 Å². The lowest BCUT2D eigenvalue weighted by atomic mass is 10.2. The first-order chi connectivity index (χ1) is 10.1. The summed E-state index contributed by atoms with van der Waals surface area (Å²) in [5, 5.41) is 13.4. The van der Waals surface area contributed by atoms with Crippen LogP contribution >= 0.6 is 11.6 Å². The largest absolute Gasteiger partial charge is 0.508 e. The van der Waals surface area contributed by atoms with Gasteiger partial charge in [0.1, 0.15) is 17.3 Å². The maximum atomic E-state index is 13.2. The summed E-state index contributed by atoms with van der Waals surface area (Å²) in [5.41, 5.74) is 1.18. The van der Waals surface area contributed by atoms with E-state index in [2.05, 4.69) is 5.32 Å². The molecule has 0 aliphatic carbocycles. The Morgan fingerprint density at radius 3 is 2.81 bits per heavy atom. The van der Waals surface area contributed by atoms with Crippen molar-refractivity contribution in [3.63, 3.8) is 0 Å². The van der Waals surface area contributed by atoms with Gasteiger partial charge in [0.05, 0.1) is 12.3 Å². The molecule has 0 heterocycles. The van der Waals surface area contributed by atoms with E-state index >= 15 is 0 Å². The quantitative estimate of drug-likeness (QED) is 0.820. The summed E-state index contributed by atoms with van der Waals surface area (Å²) in [6.07, 6.45) is 0.896. The number of rotatable bonds is 6. The third kappa shape index (κ3) is 4.26. The number of phenols is 1. The number of nitrogens with one attached hydrogen (secondary N) is 1. The predicted octanol–water partition coefficient (Wildman–Crippen LogP) is 4.59. The van der Waals surface area contributed by atoms with Gasteiger partial charge in [-0.2, -0.15) is 0 Å². The molecule has 0 unspecified atom stereocenters. The van der Waals surface area contributed by atoms with Crippen molar-refractivity contribution in [2.75, 3.05) is 11.9 Å². The van der Waals surface area contributed by atoms with Gasteiger partial charge in [0.25, 0.3) is 0 Å². The van der Waals surface area contributed by atoms with E-state index < -0.39 is 5.82 Å². The third-order valence-corrected chi connectivity index (χ3v) is 3.15. The number of benzene rings is 2. The molecule has 3 nitrogen and oxygen atoms in total. The van der Waals surface area contributed by atoms with Gasteiger partial charge in [-0.15, -0.1) is 0 Å². The van der Waals surface area contributed by atoms with Gasteiger partial charge in [-0.05, 0) is 42.8 Å². The monoisotopic (exact) mass is 309 g/mol. The van der Waals surface area contributed by atoms with E-state index in [4.69, 9.17) is 16.3 Å². The van der Waals surface area contributed by atoms with Gasteiger partial charge in [-0.25, -0.2) is 4.39 Å². The normalized spacial score (nSPS) is 10.4. The zero-order chi connectivity index (χ0) is 15.2. The van der Waals surface area contributed by atoms with Gasteiger partial charge in [0.2, 0.25) is 0 Å². The number of phenolic OH excluding ortho intramolecular Hbond substituents is 1. The van der Waals surface area contributed by atoms with Crippen molar-refractivity contribution in [3.05, 3.63) is 52.8 Å². The van der Waals surface area contributed by atoms with E-state index in [1.165, 1.54) is 18.2 Å². The molecule has 2 aromatic carbocycles. The summed E-state index contributed by atoms with van der Waals surface area (Å²) in [7, 11) is 0. The van der Waals surface area contributed by atoms with E-state index in [-0.39, 0.29) is 12.3 Å². The molecule has 0 fully saturated rings. The molecule has 0 bridgehead atoms. The Morgan fingerprint density at radius 1 is 1.24 bits per heavy atom. The number of halogens is 2. The fraction of sp³-hybridized carbons (Fsp3) is 0.250. The molecule has 0 saturated heterocycles. The number of anilines is 1. The summed E-state index contributed by atoms with van der Waals surface area (Å²) < 4.78 is 18.8. The average molecular weight is 310 g/mol. The van der Waals surface area contributed by atoms with Crippen LogP contribution in [0.25, 0.3) is 0 Å². The smallest absolute Gasteiger partial charge is 0.142 e. The van der Waals surface area contributed by atoms with Crippen LogP contribution < -0.4 is 10.1 Å². The predicted molar refractivity (Wildman–Crippen MR) is 82.6 cm³/mol. The van der Waals surface area contributed by atoms with E-state index in [1.807, 2.05) is 6.92 Å². The van der Waals surface area contributed by atoms with E-state index in [9.17, 15) is 9.50 Å². The Morgan fingerprint density at radius 2 is 2.05 bits per heavy atom. The molecule has 0 saturated carbocycles.